The monoisotopic (exact) mass is 348 g/mol. The third-order valence-electron chi connectivity index (χ3n) is 3.38. The summed E-state index contributed by atoms with van der Waals surface area (Å²) in [5.74, 6) is 0.771. The summed E-state index contributed by atoms with van der Waals surface area (Å²) in [6.07, 6.45) is 2.66. The third kappa shape index (κ3) is 5.18. The van der Waals surface area contributed by atoms with E-state index in [9.17, 15) is 5.11 Å². The number of aliphatic hydroxyl groups excluding tert-OH is 1. The van der Waals surface area contributed by atoms with E-state index in [1.807, 2.05) is 24.3 Å². The molecule has 112 valence electrons. The standard InChI is InChI=1S/C18H21BrO2/c1-14(20)17-13-16(19)10-11-18(17)21-12-6-5-9-15-7-3-2-4-8-15/h2-4,7-8,10-11,13-14,20H,5-6,9,12H2,1H3/t14-/m1/s1. The van der Waals surface area contributed by atoms with E-state index in [-0.39, 0.29) is 0 Å². The molecule has 1 atom stereocenters. The highest BCUT2D eigenvalue weighted by atomic mass is 79.9. The summed E-state index contributed by atoms with van der Waals surface area (Å²) in [7, 11) is 0. The van der Waals surface area contributed by atoms with Crippen LogP contribution in [0.1, 0.15) is 37.0 Å². The van der Waals surface area contributed by atoms with Gasteiger partial charge in [-0.15, -0.1) is 0 Å². The number of hydrogen-bond donors (Lipinski definition) is 1. The predicted molar refractivity (Wildman–Crippen MR) is 89.7 cm³/mol. The Bertz CT molecular complexity index is 552. The first-order valence-electron chi connectivity index (χ1n) is 7.31. The number of halogens is 1. The highest BCUT2D eigenvalue weighted by Crippen LogP contribution is 2.28. The summed E-state index contributed by atoms with van der Waals surface area (Å²) in [5, 5.41) is 9.78. The zero-order chi connectivity index (χ0) is 15.1. The molecule has 0 spiro atoms. The second-order valence-corrected chi connectivity index (χ2v) is 6.06. The van der Waals surface area contributed by atoms with Crippen LogP contribution in [0, 0.1) is 0 Å². The van der Waals surface area contributed by atoms with Crippen molar-refractivity contribution in [3.63, 3.8) is 0 Å². The normalized spacial score (nSPS) is 12.1. The molecule has 0 radical (unpaired) electrons. The lowest BCUT2D eigenvalue weighted by Gasteiger charge is -2.14. The van der Waals surface area contributed by atoms with Gasteiger partial charge in [-0.2, -0.15) is 0 Å². The molecule has 0 saturated carbocycles. The zero-order valence-corrected chi connectivity index (χ0v) is 13.8. The molecular weight excluding hydrogens is 328 g/mol. The molecular formula is C18H21BrO2. The average molecular weight is 349 g/mol. The molecule has 2 aromatic rings. The number of aliphatic hydroxyl groups is 1. The average Bonchev–Trinajstić information content (AvgIpc) is 2.49. The lowest BCUT2D eigenvalue weighted by atomic mass is 10.1. The molecule has 0 unspecified atom stereocenters. The van der Waals surface area contributed by atoms with Gasteiger partial charge in [0.2, 0.25) is 0 Å². The number of benzene rings is 2. The van der Waals surface area contributed by atoms with Crippen molar-refractivity contribution in [1.82, 2.24) is 0 Å². The van der Waals surface area contributed by atoms with Gasteiger partial charge >= 0.3 is 0 Å². The van der Waals surface area contributed by atoms with Crippen LogP contribution < -0.4 is 4.74 Å². The van der Waals surface area contributed by atoms with Gasteiger partial charge in [-0.05, 0) is 49.9 Å². The van der Waals surface area contributed by atoms with Gasteiger partial charge in [0.1, 0.15) is 5.75 Å². The number of rotatable bonds is 7. The minimum Gasteiger partial charge on any atom is -0.493 e. The smallest absolute Gasteiger partial charge is 0.125 e. The SMILES string of the molecule is C[C@@H](O)c1cc(Br)ccc1OCCCCc1ccccc1. The Hall–Kier alpha value is -1.32. The van der Waals surface area contributed by atoms with Crippen LogP contribution in [0.3, 0.4) is 0 Å². The first kappa shape index (κ1) is 16.1. The van der Waals surface area contributed by atoms with Crippen LogP contribution in [0.15, 0.2) is 53.0 Å². The molecule has 0 aliphatic carbocycles. The molecule has 0 fully saturated rings. The minimum atomic E-state index is -0.526. The number of unbranched alkanes of at least 4 members (excludes halogenated alkanes) is 1. The molecule has 2 aromatic carbocycles. The molecule has 2 rings (SSSR count). The Morgan fingerprint density at radius 3 is 2.57 bits per heavy atom. The largest absolute Gasteiger partial charge is 0.493 e. The van der Waals surface area contributed by atoms with Crippen molar-refractivity contribution in [1.29, 1.82) is 0 Å². The van der Waals surface area contributed by atoms with Crippen molar-refractivity contribution in [3.05, 3.63) is 64.1 Å². The maximum atomic E-state index is 9.78. The second kappa shape index (κ2) is 8.20. The molecule has 3 heteroatoms. The maximum Gasteiger partial charge on any atom is 0.125 e. The molecule has 0 aliphatic heterocycles. The Morgan fingerprint density at radius 1 is 1.10 bits per heavy atom. The fourth-order valence-electron chi connectivity index (χ4n) is 2.24. The van der Waals surface area contributed by atoms with Crippen molar-refractivity contribution in [3.8, 4) is 5.75 Å². The quantitative estimate of drug-likeness (QED) is 0.720. The first-order valence-corrected chi connectivity index (χ1v) is 8.10. The van der Waals surface area contributed by atoms with E-state index in [4.69, 9.17) is 4.74 Å². The highest BCUT2D eigenvalue weighted by Gasteiger charge is 2.09. The van der Waals surface area contributed by atoms with Crippen LogP contribution >= 0.6 is 15.9 Å². The van der Waals surface area contributed by atoms with E-state index in [1.54, 1.807) is 6.92 Å². The number of hydrogen-bond acceptors (Lipinski definition) is 2. The van der Waals surface area contributed by atoms with Crippen molar-refractivity contribution in [2.24, 2.45) is 0 Å². The van der Waals surface area contributed by atoms with Crippen LogP contribution in [0.4, 0.5) is 0 Å². The van der Waals surface area contributed by atoms with Crippen LogP contribution in [-0.2, 0) is 6.42 Å². The van der Waals surface area contributed by atoms with Gasteiger partial charge < -0.3 is 9.84 Å². The fourth-order valence-corrected chi connectivity index (χ4v) is 2.61. The second-order valence-electron chi connectivity index (χ2n) is 5.15. The van der Waals surface area contributed by atoms with Gasteiger partial charge in [0.15, 0.2) is 0 Å². The van der Waals surface area contributed by atoms with E-state index in [2.05, 4.69) is 40.2 Å². The van der Waals surface area contributed by atoms with Gasteiger partial charge in [0, 0.05) is 10.0 Å². The molecule has 0 heterocycles. The lowest BCUT2D eigenvalue weighted by Crippen LogP contribution is -2.03. The summed E-state index contributed by atoms with van der Waals surface area (Å²) in [6, 6.07) is 16.2. The van der Waals surface area contributed by atoms with Crippen molar-refractivity contribution in [2.75, 3.05) is 6.61 Å². The van der Waals surface area contributed by atoms with Crippen LogP contribution in [0.5, 0.6) is 5.75 Å². The van der Waals surface area contributed by atoms with Crippen molar-refractivity contribution in [2.45, 2.75) is 32.3 Å². The van der Waals surface area contributed by atoms with Crippen LogP contribution in [-0.4, -0.2) is 11.7 Å². The Kier molecular flexibility index (Phi) is 6.27. The zero-order valence-electron chi connectivity index (χ0n) is 12.3. The molecule has 1 N–H and O–H groups in total. The van der Waals surface area contributed by atoms with Crippen molar-refractivity contribution < 1.29 is 9.84 Å². The van der Waals surface area contributed by atoms with E-state index in [0.29, 0.717) is 6.61 Å². The van der Waals surface area contributed by atoms with Gasteiger partial charge in [0.05, 0.1) is 12.7 Å². The summed E-state index contributed by atoms with van der Waals surface area (Å²) in [5.41, 5.74) is 2.19. The van der Waals surface area contributed by atoms with Gasteiger partial charge in [0.25, 0.3) is 0 Å². The van der Waals surface area contributed by atoms with Crippen molar-refractivity contribution >= 4 is 15.9 Å². The van der Waals surface area contributed by atoms with Gasteiger partial charge in [-0.25, -0.2) is 0 Å². The van der Waals surface area contributed by atoms with E-state index in [0.717, 1.165) is 35.0 Å². The molecule has 2 nitrogen and oxygen atoms in total. The number of ether oxygens (including phenoxy) is 1. The maximum absolute atomic E-state index is 9.78. The molecule has 21 heavy (non-hydrogen) atoms. The van der Waals surface area contributed by atoms with Gasteiger partial charge in [-0.3, -0.25) is 0 Å². The third-order valence-corrected chi connectivity index (χ3v) is 3.88. The van der Waals surface area contributed by atoms with E-state index < -0.39 is 6.10 Å². The van der Waals surface area contributed by atoms with Crippen LogP contribution in [0.25, 0.3) is 0 Å². The molecule has 0 amide bonds. The predicted octanol–water partition coefficient (Wildman–Crippen LogP) is 4.90. The van der Waals surface area contributed by atoms with Gasteiger partial charge in [-0.1, -0.05) is 46.3 Å². The Balaban J connectivity index is 1.78. The first-order chi connectivity index (χ1) is 10.2. The molecule has 0 bridgehead atoms. The fraction of sp³-hybridized carbons (Fsp3) is 0.333. The van der Waals surface area contributed by atoms with Crippen LogP contribution in [0.2, 0.25) is 0 Å². The summed E-state index contributed by atoms with van der Waals surface area (Å²) < 4.78 is 6.76. The molecule has 0 aliphatic rings. The lowest BCUT2D eigenvalue weighted by molar-refractivity contribution is 0.190. The summed E-state index contributed by atoms with van der Waals surface area (Å²) >= 11 is 3.42. The highest BCUT2D eigenvalue weighted by molar-refractivity contribution is 9.10. The summed E-state index contributed by atoms with van der Waals surface area (Å²) in [6.45, 7) is 2.43. The Morgan fingerprint density at radius 2 is 1.86 bits per heavy atom. The number of aryl methyl sites for hydroxylation is 1. The van der Waals surface area contributed by atoms with E-state index >= 15 is 0 Å². The molecule has 0 aromatic heterocycles. The topological polar surface area (TPSA) is 29.5 Å². The minimum absolute atomic E-state index is 0.526. The van der Waals surface area contributed by atoms with E-state index in [1.165, 1.54) is 5.56 Å². The Labute approximate surface area is 134 Å². The summed E-state index contributed by atoms with van der Waals surface area (Å²) in [4.78, 5) is 0. The molecule has 0 saturated heterocycles.